The second-order valence-corrected chi connectivity index (χ2v) is 9.35. The minimum Gasteiger partial charge on any atom is -0.224 e. The molecule has 0 unspecified atom stereocenters. The Morgan fingerprint density at radius 2 is 1.61 bits per heavy atom. The number of halogens is 2. The summed E-state index contributed by atoms with van der Waals surface area (Å²) in [7, 11) is -7.54. The van der Waals surface area contributed by atoms with Crippen LogP contribution in [-0.2, 0) is 26.4 Å². The van der Waals surface area contributed by atoms with Gasteiger partial charge in [0, 0.05) is 17.8 Å². The molecule has 0 atom stereocenters. The third-order valence-corrected chi connectivity index (χ3v) is 6.39. The van der Waals surface area contributed by atoms with Crippen LogP contribution in [0.5, 0.6) is 0 Å². The molecule has 0 saturated heterocycles. The van der Waals surface area contributed by atoms with Crippen molar-refractivity contribution in [1.82, 2.24) is 4.72 Å². The molecule has 0 heterocycles. The van der Waals surface area contributed by atoms with Gasteiger partial charge in [-0.3, -0.25) is 0 Å². The van der Waals surface area contributed by atoms with E-state index in [1.165, 1.54) is 12.1 Å². The summed E-state index contributed by atoms with van der Waals surface area (Å²) in [6.07, 6.45) is 0.990. The number of sulfonamides is 1. The van der Waals surface area contributed by atoms with Crippen LogP contribution in [0, 0.1) is 0 Å². The van der Waals surface area contributed by atoms with Crippen molar-refractivity contribution in [3.05, 3.63) is 58.1 Å². The van der Waals surface area contributed by atoms with Crippen molar-refractivity contribution in [3.8, 4) is 0 Å². The molecule has 0 radical (unpaired) electrons. The first-order chi connectivity index (χ1) is 10.6. The lowest BCUT2D eigenvalue weighted by molar-refractivity contribution is 0.581. The molecule has 0 aliphatic rings. The highest BCUT2D eigenvalue weighted by atomic mass is 35.5. The Hall–Kier alpha value is -1.12. The zero-order valence-electron chi connectivity index (χ0n) is 12.0. The van der Waals surface area contributed by atoms with Crippen LogP contribution in [0.3, 0.4) is 0 Å². The molecule has 0 saturated carbocycles. The van der Waals surface area contributed by atoms with Gasteiger partial charge in [0.25, 0.3) is 0 Å². The summed E-state index contributed by atoms with van der Waals surface area (Å²) in [4.78, 5) is -0.422. The molecular weight excluding hydrogens is 381 g/mol. The third kappa shape index (κ3) is 4.45. The smallest absolute Gasteiger partial charge is 0.224 e. The first-order valence-electron chi connectivity index (χ1n) is 6.34. The van der Waals surface area contributed by atoms with E-state index >= 15 is 0 Å². The van der Waals surface area contributed by atoms with E-state index in [4.69, 9.17) is 23.2 Å². The third-order valence-electron chi connectivity index (χ3n) is 3.03. The van der Waals surface area contributed by atoms with E-state index in [2.05, 4.69) is 4.72 Å². The van der Waals surface area contributed by atoms with Crippen LogP contribution in [0.2, 0.25) is 10.0 Å². The summed E-state index contributed by atoms with van der Waals surface area (Å²) < 4.78 is 50.3. The average molecular weight is 394 g/mol. The molecule has 1 N–H and O–H groups in total. The van der Waals surface area contributed by atoms with Gasteiger partial charge in [0.15, 0.2) is 9.84 Å². The van der Waals surface area contributed by atoms with Crippen molar-refractivity contribution in [2.45, 2.75) is 16.3 Å². The average Bonchev–Trinajstić information content (AvgIpc) is 2.45. The maximum absolute atomic E-state index is 12.4. The Morgan fingerprint density at radius 1 is 0.957 bits per heavy atom. The zero-order chi connectivity index (χ0) is 17.3. The van der Waals surface area contributed by atoms with Gasteiger partial charge < -0.3 is 0 Å². The minimum atomic E-state index is -3.99. The van der Waals surface area contributed by atoms with Gasteiger partial charge in [-0.15, -0.1) is 0 Å². The fraction of sp³-hybridized carbons (Fsp3) is 0.143. The molecular formula is C14H13Cl2NO4S2. The maximum atomic E-state index is 12.4. The molecule has 5 nitrogen and oxygen atoms in total. The van der Waals surface area contributed by atoms with Gasteiger partial charge in [-0.05, 0) is 29.8 Å². The minimum absolute atomic E-state index is 0.0402. The molecule has 0 bridgehead atoms. The van der Waals surface area contributed by atoms with Crippen LogP contribution in [0.25, 0.3) is 0 Å². The molecule has 2 rings (SSSR count). The number of hydrogen-bond donors (Lipinski definition) is 1. The topological polar surface area (TPSA) is 80.3 Å². The quantitative estimate of drug-likeness (QED) is 0.846. The van der Waals surface area contributed by atoms with E-state index in [0.717, 1.165) is 12.3 Å². The van der Waals surface area contributed by atoms with Crippen LogP contribution >= 0.6 is 23.2 Å². The Balaban J connectivity index is 2.35. The van der Waals surface area contributed by atoms with Crippen molar-refractivity contribution < 1.29 is 16.8 Å². The Bertz CT molecular complexity index is 941. The Kier molecular flexibility index (Phi) is 5.37. The van der Waals surface area contributed by atoms with Crippen molar-refractivity contribution in [3.63, 3.8) is 0 Å². The van der Waals surface area contributed by atoms with Crippen LogP contribution in [0.15, 0.2) is 52.3 Å². The summed E-state index contributed by atoms with van der Waals surface area (Å²) in [5.41, 5.74) is 0.591. The van der Waals surface area contributed by atoms with Crippen LogP contribution < -0.4 is 4.72 Å². The van der Waals surface area contributed by atoms with Crippen molar-refractivity contribution in [2.24, 2.45) is 0 Å². The van der Waals surface area contributed by atoms with Gasteiger partial charge in [-0.25, -0.2) is 21.6 Å². The van der Waals surface area contributed by atoms with Crippen molar-refractivity contribution in [1.29, 1.82) is 0 Å². The number of nitrogens with one attached hydrogen (secondary N) is 1. The van der Waals surface area contributed by atoms with Gasteiger partial charge >= 0.3 is 0 Å². The SMILES string of the molecule is CS(=O)(=O)c1ccc(Cl)c(S(=O)(=O)NCc2ccccc2Cl)c1. The van der Waals surface area contributed by atoms with E-state index < -0.39 is 19.9 Å². The first-order valence-corrected chi connectivity index (χ1v) is 10.5. The summed E-state index contributed by atoms with van der Waals surface area (Å²) in [6, 6.07) is 10.3. The number of rotatable bonds is 5. The van der Waals surface area contributed by atoms with Crippen molar-refractivity contribution in [2.75, 3.05) is 6.26 Å². The van der Waals surface area contributed by atoms with E-state index in [1.54, 1.807) is 24.3 Å². The van der Waals surface area contributed by atoms with Gasteiger partial charge in [-0.2, -0.15) is 0 Å². The molecule has 23 heavy (non-hydrogen) atoms. The van der Waals surface area contributed by atoms with Crippen molar-refractivity contribution >= 4 is 43.1 Å². The lowest BCUT2D eigenvalue weighted by Gasteiger charge is -2.10. The molecule has 9 heteroatoms. The number of benzene rings is 2. The second kappa shape index (κ2) is 6.78. The molecule has 0 aliphatic carbocycles. The molecule has 2 aromatic rings. The van der Waals surface area contributed by atoms with Crippen LogP contribution in [0.1, 0.15) is 5.56 Å². The normalized spacial score (nSPS) is 12.3. The number of sulfone groups is 1. The highest BCUT2D eigenvalue weighted by molar-refractivity contribution is 7.91. The summed E-state index contributed by atoms with van der Waals surface area (Å²) in [6.45, 7) is -0.0402. The predicted octanol–water partition coefficient (Wildman–Crippen LogP) is 2.88. The molecule has 0 aromatic heterocycles. The van der Waals surface area contributed by atoms with Crippen LogP contribution in [0.4, 0.5) is 0 Å². The van der Waals surface area contributed by atoms with E-state index in [1.807, 2.05) is 0 Å². The lowest BCUT2D eigenvalue weighted by atomic mass is 10.2. The predicted molar refractivity (Wildman–Crippen MR) is 90.0 cm³/mol. The van der Waals surface area contributed by atoms with Crippen LogP contribution in [-0.4, -0.2) is 23.1 Å². The Morgan fingerprint density at radius 3 is 2.22 bits per heavy atom. The molecule has 0 fully saturated rings. The van der Waals surface area contributed by atoms with E-state index in [0.29, 0.717) is 10.6 Å². The van der Waals surface area contributed by atoms with E-state index in [-0.39, 0.29) is 21.4 Å². The fourth-order valence-corrected chi connectivity index (χ4v) is 4.27. The highest BCUT2D eigenvalue weighted by Crippen LogP contribution is 2.25. The molecule has 0 spiro atoms. The monoisotopic (exact) mass is 393 g/mol. The zero-order valence-corrected chi connectivity index (χ0v) is 15.1. The summed E-state index contributed by atoms with van der Waals surface area (Å²) in [5, 5.41) is 0.357. The summed E-state index contributed by atoms with van der Waals surface area (Å²) >= 11 is 11.9. The highest BCUT2D eigenvalue weighted by Gasteiger charge is 2.21. The largest absolute Gasteiger partial charge is 0.242 e. The first kappa shape index (κ1) is 18.2. The van der Waals surface area contributed by atoms with Gasteiger partial charge in [-0.1, -0.05) is 41.4 Å². The number of hydrogen-bond acceptors (Lipinski definition) is 4. The molecule has 2 aromatic carbocycles. The van der Waals surface area contributed by atoms with Gasteiger partial charge in [0.2, 0.25) is 10.0 Å². The van der Waals surface area contributed by atoms with Gasteiger partial charge in [0.1, 0.15) is 4.90 Å². The molecule has 0 aliphatic heterocycles. The van der Waals surface area contributed by atoms with E-state index in [9.17, 15) is 16.8 Å². The Labute approximate surface area is 145 Å². The maximum Gasteiger partial charge on any atom is 0.242 e. The lowest BCUT2D eigenvalue weighted by Crippen LogP contribution is -2.24. The molecule has 0 amide bonds. The fourth-order valence-electron chi connectivity index (χ4n) is 1.81. The summed E-state index contributed by atoms with van der Waals surface area (Å²) in [5.74, 6) is 0. The second-order valence-electron chi connectivity index (χ2n) is 4.78. The molecule has 124 valence electrons. The van der Waals surface area contributed by atoms with Gasteiger partial charge in [0.05, 0.1) is 9.92 Å². The standard InChI is InChI=1S/C14H13Cl2NO4S2/c1-22(18,19)11-6-7-13(16)14(8-11)23(20,21)17-9-10-4-2-3-5-12(10)15/h2-8,17H,9H2,1H3.